The maximum Gasteiger partial charge on any atom is 0.125 e. The first-order valence-corrected chi connectivity index (χ1v) is 6.68. The minimum absolute atomic E-state index is 0.169. The van der Waals surface area contributed by atoms with E-state index in [1.165, 1.54) is 16.6 Å². The molecule has 0 radical (unpaired) electrons. The Kier molecular flexibility index (Phi) is 2.86. The smallest absolute Gasteiger partial charge is 0.125 e. The Morgan fingerprint density at radius 3 is 3.00 bits per heavy atom. The molecule has 1 atom stereocenters. The molecule has 1 aromatic heterocycles. The third kappa shape index (κ3) is 2.03. The van der Waals surface area contributed by atoms with Crippen LogP contribution in [0.1, 0.15) is 31.5 Å². The number of hydrogen-bond donors (Lipinski definition) is 2. The summed E-state index contributed by atoms with van der Waals surface area (Å²) in [6.45, 7) is 4.36. The maximum atomic E-state index is 13.2. The van der Waals surface area contributed by atoms with Gasteiger partial charge in [-0.15, -0.1) is 0 Å². The summed E-state index contributed by atoms with van der Waals surface area (Å²) in [6.07, 6.45) is 3.25. The normalized spacial score (nSPS) is 19.4. The van der Waals surface area contributed by atoms with Crippen LogP contribution < -0.4 is 5.32 Å². The molecule has 1 aromatic carbocycles. The third-order valence-electron chi connectivity index (χ3n) is 3.72. The summed E-state index contributed by atoms with van der Waals surface area (Å²) >= 11 is 0. The number of aromatic nitrogens is 1. The van der Waals surface area contributed by atoms with Gasteiger partial charge in [-0.1, -0.05) is 13.8 Å². The van der Waals surface area contributed by atoms with Gasteiger partial charge in [-0.05, 0) is 43.0 Å². The predicted molar refractivity (Wildman–Crippen MR) is 72.3 cm³/mol. The lowest BCUT2D eigenvalue weighted by atomic mass is 9.91. The van der Waals surface area contributed by atoms with E-state index in [0.717, 1.165) is 24.8 Å². The number of fused-ring (bicyclic) bond motifs is 3. The Bertz CT molecular complexity index is 571. The summed E-state index contributed by atoms with van der Waals surface area (Å²) in [5.74, 6) is -0.169. The largest absolute Gasteiger partial charge is 0.358 e. The summed E-state index contributed by atoms with van der Waals surface area (Å²) in [4.78, 5) is 3.36. The fourth-order valence-corrected chi connectivity index (χ4v) is 3.01. The van der Waals surface area contributed by atoms with Crippen molar-refractivity contribution in [2.24, 2.45) is 0 Å². The molecular weight excluding hydrogens is 227 g/mol. The first kappa shape index (κ1) is 11.7. The van der Waals surface area contributed by atoms with E-state index in [0.29, 0.717) is 12.1 Å². The number of benzene rings is 1. The standard InChI is InChI=1S/C15H19FN2/c1-9(2)17-11-4-6-14-13(8-11)12-5-3-10(16)7-15(12)18-14/h3,5,7,9,11,17-18H,4,6,8H2,1-2H3. The summed E-state index contributed by atoms with van der Waals surface area (Å²) in [6, 6.07) is 6.10. The molecule has 2 aromatic rings. The molecule has 0 saturated heterocycles. The lowest BCUT2D eigenvalue weighted by molar-refractivity contribution is 0.421. The highest BCUT2D eigenvalue weighted by molar-refractivity contribution is 5.85. The predicted octanol–water partition coefficient (Wildman–Crippen LogP) is 3.16. The van der Waals surface area contributed by atoms with E-state index in [-0.39, 0.29) is 5.82 Å². The molecule has 3 heteroatoms. The van der Waals surface area contributed by atoms with Crippen LogP contribution in [0.4, 0.5) is 4.39 Å². The van der Waals surface area contributed by atoms with Gasteiger partial charge in [-0.25, -0.2) is 4.39 Å². The average molecular weight is 246 g/mol. The van der Waals surface area contributed by atoms with Crippen LogP contribution in [0, 0.1) is 5.82 Å². The van der Waals surface area contributed by atoms with Crippen LogP contribution in [-0.4, -0.2) is 17.1 Å². The second-order valence-corrected chi connectivity index (χ2v) is 5.53. The van der Waals surface area contributed by atoms with E-state index >= 15 is 0 Å². The molecule has 1 unspecified atom stereocenters. The van der Waals surface area contributed by atoms with E-state index in [4.69, 9.17) is 0 Å². The van der Waals surface area contributed by atoms with Crippen LogP contribution in [0.3, 0.4) is 0 Å². The van der Waals surface area contributed by atoms with Crippen LogP contribution in [0.5, 0.6) is 0 Å². The minimum atomic E-state index is -0.169. The number of aryl methyl sites for hydroxylation is 1. The van der Waals surface area contributed by atoms with Crippen molar-refractivity contribution < 1.29 is 4.39 Å². The van der Waals surface area contributed by atoms with Gasteiger partial charge < -0.3 is 10.3 Å². The third-order valence-corrected chi connectivity index (χ3v) is 3.72. The number of halogens is 1. The Labute approximate surface area is 107 Å². The van der Waals surface area contributed by atoms with E-state index in [1.54, 1.807) is 12.1 Å². The van der Waals surface area contributed by atoms with Crippen molar-refractivity contribution in [3.63, 3.8) is 0 Å². The van der Waals surface area contributed by atoms with Gasteiger partial charge in [-0.3, -0.25) is 0 Å². The van der Waals surface area contributed by atoms with Crippen LogP contribution in [0.15, 0.2) is 18.2 Å². The van der Waals surface area contributed by atoms with Crippen LogP contribution >= 0.6 is 0 Å². The van der Waals surface area contributed by atoms with Crippen LogP contribution in [0.25, 0.3) is 10.9 Å². The Morgan fingerprint density at radius 2 is 2.22 bits per heavy atom. The molecule has 0 amide bonds. The Hall–Kier alpha value is -1.35. The summed E-state index contributed by atoms with van der Waals surface area (Å²) in [7, 11) is 0. The first-order valence-electron chi connectivity index (χ1n) is 6.68. The molecule has 2 nitrogen and oxygen atoms in total. The summed E-state index contributed by atoms with van der Waals surface area (Å²) in [5.41, 5.74) is 3.59. The molecule has 0 aliphatic heterocycles. The maximum absolute atomic E-state index is 13.2. The van der Waals surface area contributed by atoms with E-state index in [1.807, 2.05) is 6.07 Å². The molecule has 3 rings (SSSR count). The van der Waals surface area contributed by atoms with Crippen molar-refractivity contribution in [1.29, 1.82) is 0 Å². The Balaban J connectivity index is 1.96. The van der Waals surface area contributed by atoms with Crippen molar-refractivity contribution in [3.05, 3.63) is 35.3 Å². The summed E-state index contributed by atoms with van der Waals surface area (Å²) < 4.78 is 13.2. The van der Waals surface area contributed by atoms with Gasteiger partial charge in [0.05, 0.1) is 0 Å². The Morgan fingerprint density at radius 1 is 1.39 bits per heavy atom. The molecule has 2 N–H and O–H groups in total. The lowest BCUT2D eigenvalue weighted by Crippen LogP contribution is -2.38. The van der Waals surface area contributed by atoms with Crippen molar-refractivity contribution in [3.8, 4) is 0 Å². The molecule has 96 valence electrons. The topological polar surface area (TPSA) is 27.8 Å². The second kappa shape index (κ2) is 4.39. The van der Waals surface area contributed by atoms with Gasteiger partial charge in [0.1, 0.15) is 5.82 Å². The lowest BCUT2D eigenvalue weighted by Gasteiger charge is -2.25. The van der Waals surface area contributed by atoms with Gasteiger partial charge in [-0.2, -0.15) is 0 Å². The van der Waals surface area contributed by atoms with Gasteiger partial charge in [0, 0.05) is 28.7 Å². The monoisotopic (exact) mass is 246 g/mol. The molecule has 18 heavy (non-hydrogen) atoms. The van der Waals surface area contributed by atoms with Crippen molar-refractivity contribution >= 4 is 10.9 Å². The molecule has 1 heterocycles. The zero-order valence-electron chi connectivity index (χ0n) is 10.9. The minimum Gasteiger partial charge on any atom is -0.358 e. The first-order chi connectivity index (χ1) is 8.63. The highest BCUT2D eigenvalue weighted by Crippen LogP contribution is 2.29. The molecule has 1 aliphatic carbocycles. The van der Waals surface area contributed by atoms with Gasteiger partial charge in [0.15, 0.2) is 0 Å². The zero-order chi connectivity index (χ0) is 12.7. The van der Waals surface area contributed by atoms with Gasteiger partial charge >= 0.3 is 0 Å². The number of aromatic amines is 1. The SMILES string of the molecule is CC(C)NC1CCc2[nH]c3cc(F)ccc3c2C1. The van der Waals surface area contributed by atoms with Crippen LogP contribution in [0.2, 0.25) is 0 Å². The molecule has 0 saturated carbocycles. The zero-order valence-corrected chi connectivity index (χ0v) is 10.9. The number of rotatable bonds is 2. The van der Waals surface area contributed by atoms with Crippen LogP contribution in [-0.2, 0) is 12.8 Å². The quantitative estimate of drug-likeness (QED) is 0.837. The molecule has 0 fully saturated rings. The highest BCUT2D eigenvalue weighted by Gasteiger charge is 2.22. The fraction of sp³-hybridized carbons (Fsp3) is 0.467. The second-order valence-electron chi connectivity index (χ2n) is 5.53. The fourth-order valence-electron chi connectivity index (χ4n) is 3.01. The van der Waals surface area contributed by atoms with E-state index in [9.17, 15) is 4.39 Å². The van der Waals surface area contributed by atoms with Crippen molar-refractivity contribution in [1.82, 2.24) is 10.3 Å². The van der Waals surface area contributed by atoms with Crippen molar-refractivity contribution in [2.45, 2.75) is 45.2 Å². The molecular formula is C15H19FN2. The average Bonchev–Trinajstić information content (AvgIpc) is 2.65. The number of H-pyrrole nitrogens is 1. The highest BCUT2D eigenvalue weighted by atomic mass is 19.1. The molecule has 0 bridgehead atoms. The summed E-state index contributed by atoms with van der Waals surface area (Å²) in [5, 5.41) is 4.78. The molecule has 0 spiro atoms. The molecule has 1 aliphatic rings. The van der Waals surface area contributed by atoms with Gasteiger partial charge in [0.2, 0.25) is 0 Å². The number of nitrogens with one attached hydrogen (secondary N) is 2. The number of hydrogen-bond acceptors (Lipinski definition) is 1. The van der Waals surface area contributed by atoms with Gasteiger partial charge in [0.25, 0.3) is 0 Å². The van der Waals surface area contributed by atoms with E-state index in [2.05, 4.69) is 24.1 Å². The van der Waals surface area contributed by atoms with Crippen molar-refractivity contribution in [2.75, 3.05) is 0 Å². The van der Waals surface area contributed by atoms with E-state index < -0.39 is 0 Å².